The summed E-state index contributed by atoms with van der Waals surface area (Å²) in [5.41, 5.74) is 5.68. The number of fused-ring (bicyclic) bond motifs is 2. The minimum absolute atomic E-state index is 0.0299. The molecule has 9 rings (SSSR count). The number of piperidine rings is 1. The number of anilines is 2. The largest absolute Gasteiger partial charge is 0.382 e. The van der Waals surface area contributed by atoms with Crippen LogP contribution < -0.4 is 26.2 Å². The van der Waals surface area contributed by atoms with Crippen molar-refractivity contribution in [2.24, 2.45) is 0 Å². The second-order valence-electron chi connectivity index (χ2n) is 16.6. The second kappa shape index (κ2) is 20.2. The van der Waals surface area contributed by atoms with Crippen LogP contribution in [-0.2, 0) is 35.2 Å². The quantitative estimate of drug-likeness (QED) is 0.0881. The van der Waals surface area contributed by atoms with Crippen LogP contribution in [0.15, 0.2) is 103 Å². The lowest BCUT2D eigenvalue weighted by molar-refractivity contribution is -0.136. The van der Waals surface area contributed by atoms with Gasteiger partial charge in [-0.25, -0.2) is 0 Å². The van der Waals surface area contributed by atoms with E-state index >= 15 is 0 Å². The molecule has 4 aromatic carbocycles. The van der Waals surface area contributed by atoms with E-state index < -0.39 is 35.7 Å². The lowest BCUT2D eigenvalue weighted by Crippen LogP contribution is -2.54. The van der Waals surface area contributed by atoms with Crippen molar-refractivity contribution in [1.82, 2.24) is 30.7 Å². The summed E-state index contributed by atoms with van der Waals surface area (Å²) in [6.45, 7) is 4.39. The van der Waals surface area contributed by atoms with Gasteiger partial charge in [0.15, 0.2) is 5.50 Å². The number of hydrogen-bond donors (Lipinski definition) is 4. The molecule has 0 radical (unpaired) electrons. The van der Waals surface area contributed by atoms with Crippen molar-refractivity contribution in [3.63, 3.8) is 0 Å². The van der Waals surface area contributed by atoms with Crippen molar-refractivity contribution < 1.29 is 43.0 Å². The standard InChI is InChI=1S/C49H50N8O9S/c58-40-16-15-39(44(60)52-40)57-47(63)36-7-4-8-38(42(36)48(57)64)50-18-25-66-27-26-65-24-17-41(59)55-22-20-54(21-23-55)35-13-11-31(12-14-35)33-9-10-34-30-56(46(62)37(34)29-33)43(32-5-2-1-3-6-32)45(61)53-49-51-19-28-67-49/h1-14,19,28-29,39,43,49-51H,15-18,20-27,30H2,(H,53,61)(H,52,58,60). The van der Waals surface area contributed by atoms with E-state index in [1.165, 1.54) is 11.8 Å². The normalized spacial score (nSPS) is 19.3. The topological polar surface area (TPSA) is 199 Å². The van der Waals surface area contributed by atoms with Crippen molar-refractivity contribution in [2.75, 3.05) is 69.4 Å². The molecule has 17 nitrogen and oxygen atoms in total. The van der Waals surface area contributed by atoms with Crippen LogP contribution in [0, 0.1) is 0 Å². The molecule has 67 heavy (non-hydrogen) atoms. The number of hydrogen-bond acceptors (Lipinski definition) is 13. The Morgan fingerprint density at radius 3 is 2.28 bits per heavy atom. The number of imide groups is 2. The van der Waals surface area contributed by atoms with Crippen LogP contribution in [-0.4, -0.2) is 127 Å². The maximum absolute atomic E-state index is 14.0. The van der Waals surface area contributed by atoms with Gasteiger partial charge in [-0.15, -0.1) is 0 Å². The van der Waals surface area contributed by atoms with Gasteiger partial charge in [0, 0.05) is 68.8 Å². The number of benzene rings is 4. The van der Waals surface area contributed by atoms with Crippen LogP contribution in [0.5, 0.6) is 0 Å². The van der Waals surface area contributed by atoms with Gasteiger partial charge >= 0.3 is 0 Å². The maximum atomic E-state index is 14.0. The minimum Gasteiger partial charge on any atom is -0.382 e. The average Bonchev–Trinajstić information content (AvgIpc) is 4.05. The first kappa shape index (κ1) is 45.1. The highest BCUT2D eigenvalue weighted by atomic mass is 32.2. The number of thioether (sulfide) groups is 1. The zero-order valence-corrected chi connectivity index (χ0v) is 37.4. The van der Waals surface area contributed by atoms with Crippen LogP contribution >= 0.6 is 11.8 Å². The van der Waals surface area contributed by atoms with Gasteiger partial charge in [0.1, 0.15) is 12.1 Å². The molecule has 3 unspecified atom stereocenters. The molecule has 4 aromatic rings. The van der Waals surface area contributed by atoms with Crippen LogP contribution in [0.25, 0.3) is 11.1 Å². The van der Waals surface area contributed by atoms with Gasteiger partial charge in [-0.2, -0.15) is 0 Å². The Morgan fingerprint density at radius 1 is 0.776 bits per heavy atom. The third-order valence-electron chi connectivity index (χ3n) is 12.5. The average molecular weight is 927 g/mol. The highest BCUT2D eigenvalue weighted by Crippen LogP contribution is 2.36. The van der Waals surface area contributed by atoms with Crippen molar-refractivity contribution in [2.45, 2.75) is 43.4 Å². The zero-order valence-electron chi connectivity index (χ0n) is 36.6. The van der Waals surface area contributed by atoms with E-state index in [1.807, 2.05) is 71.0 Å². The van der Waals surface area contributed by atoms with Crippen LogP contribution in [0.2, 0.25) is 0 Å². The lowest BCUT2D eigenvalue weighted by atomic mass is 10.00. The Morgan fingerprint density at radius 2 is 1.54 bits per heavy atom. The fraction of sp³-hybridized carbons (Fsp3) is 0.327. The molecular weight excluding hydrogens is 877 g/mol. The van der Waals surface area contributed by atoms with Crippen molar-refractivity contribution in [3.8, 4) is 11.1 Å². The molecule has 5 aliphatic heterocycles. The van der Waals surface area contributed by atoms with Gasteiger partial charge < -0.3 is 40.1 Å². The predicted molar refractivity (Wildman–Crippen MR) is 249 cm³/mol. The molecule has 5 heterocycles. The third-order valence-corrected chi connectivity index (χ3v) is 13.3. The summed E-state index contributed by atoms with van der Waals surface area (Å²) >= 11 is 1.46. The number of piperazine rings is 1. The van der Waals surface area contributed by atoms with Gasteiger partial charge in [0.25, 0.3) is 17.7 Å². The molecule has 5 aliphatic rings. The second-order valence-corrected chi connectivity index (χ2v) is 17.6. The highest BCUT2D eigenvalue weighted by Gasteiger charge is 2.46. The summed E-state index contributed by atoms with van der Waals surface area (Å²) in [7, 11) is 0. The van der Waals surface area contributed by atoms with Gasteiger partial charge in [-0.05, 0) is 64.4 Å². The molecular formula is C49H50N8O9S. The molecule has 2 fully saturated rings. The first-order valence-corrected chi connectivity index (χ1v) is 23.3. The Labute approximate surface area is 391 Å². The molecule has 4 N–H and O–H groups in total. The SMILES string of the molecule is O=C1CCC(N2C(=O)c3cccc(NCCOCCOCCC(=O)N4CCN(c5ccc(-c6ccc7c(c6)C(=O)N(C(C(=O)NC6NC=CS6)c6ccccc6)C7)cc5)CC4)c3C2=O)C(=O)N1. The van der Waals surface area contributed by atoms with E-state index in [9.17, 15) is 33.6 Å². The molecule has 18 heteroatoms. The molecule has 0 bridgehead atoms. The number of nitrogens with one attached hydrogen (secondary N) is 4. The van der Waals surface area contributed by atoms with E-state index in [4.69, 9.17) is 9.47 Å². The maximum Gasteiger partial charge on any atom is 0.264 e. The molecule has 3 atom stereocenters. The number of amides is 7. The fourth-order valence-electron chi connectivity index (χ4n) is 9.03. The number of carbonyl (C=O) groups is 7. The summed E-state index contributed by atoms with van der Waals surface area (Å²) in [5.74, 6) is -2.64. The van der Waals surface area contributed by atoms with E-state index in [2.05, 4.69) is 38.3 Å². The first-order chi connectivity index (χ1) is 32.6. The van der Waals surface area contributed by atoms with Gasteiger partial charge in [-0.3, -0.25) is 43.8 Å². The summed E-state index contributed by atoms with van der Waals surface area (Å²) in [4.78, 5) is 97.7. The van der Waals surface area contributed by atoms with Crippen LogP contribution in [0.1, 0.15) is 67.5 Å². The molecule has 2 saturated heterocycles. The Balaban J connectivity index is 0.681. The highest BCUT2D eigenvalue weighted by molar-refractivity contribution is 8.02. The molecule has 7 amide bonds. The predicted octanol–water partition coefficient (Wildman–Crippen LogP) is 3.84. The molecule has 0 spiro atoms. The van der Waals surface area contributed by atoms with Gasteiger partial charge in [-0.1, -0.05) is 72.4 Å². The smallest absolute Gasteiger partial charge is 0.264 e. The van der Waals surface area contributed by atoms with E-state index in [0.717, 1.165) is 32.8 Å². The molecule has 346 valence electrons. The number of carbonyl (C=O) groups excluding carboxylic acids is 7. The molecule has 0 saturated carbocycles. The Kier molecular flexibility index (Phi) is 13.6. The van der Waals surface area contributed by atoms with Crippen LogP contribution in [0.3, 0.4) is 0 Å². The Hall–Kier alpha value is -7.02. The Bertz CT molecular complexity index is 2590. The van der Waals surface area contributed by atoms with E-state index in [0.29, 0.717) is 70.3 Å². The minimum atomic E-state index is -1.03. The third kappa shape index (κ3) is 9.77. The summed E-state index contributed by atoms with van der Waals surface area (Å²) in [6.07, 6.45) is 2.18. The van der Waals surface area contributed by atoms with Gasteiger partial charge in [0.05, 0.1) is 44.0 Å². The fourth-order valence-corrected chi connectivity index (χ4v) is 9.68. The first-order valence-electron chi connectivity index (χ1n) is 22.4. The van der Waals surface area contributed by atoms with E-state index in [-0.39, 0.29) is 60.2 Å². The van der Waals surface area contributed by atoms with Crippen molar-refractivity contribution >= 4 is 64.5 Å². The van der Waals surface area contributed by atoms with Crippen LogP contribution in [0.4, 0.5) is 11.4 Å². The number of nitrogens with zero attached hydrogens (tertiary/aromatic N) is 4. The molecule has 0 aliphatic carbocycles. The summed E-state index contributed by atoms with van der Waals surface area (Å²) in [5, 5.41) is 13.3. The monoisotopic (exact) mass is 926 g/mol. The zero-order chi connectivity index (χ0) is 46.4. The van der Waals surface area contributed by atoms with Gasteiger partial charge in [0.2, 0.25) is 23.6 Å². The van der Waals surface area contributed by atoms with Crippen molar-refractivity contribution in [1.29, 1.82) is 0 Å². The number of rotatable bonds is 17. The van der Waals surface area contributed by atoms with E-state index in [1.54, 1.807) is 29.3 Å². The lowest BCUT2D eigenvalue weighted by Gasteiger charge is -2.36. The van der Waals surface area contributed by atoms with Crippen molar-refractivity contribution in [3.05, 3.63) is 130 Å². The summed E-state index contributed by atoms with van der Waals surface area (Å²) in [6, 6.07) is 26.6. The summed E-state index contributed by atoms with van der Waals surface area (Å²) < 4.78 is 11.4. The number of ether oxygens (including phenoxy) is 2. The molecule has 0 aromatic heterocycles.